The molecule has 0 radical (unpaired) electrons. The zero-order valence-corrected chi connectivity index (χ0v) is 18.3. The molecule has 0 unspecified atom stereocenters. The third kappa shape index (κ3) is 7.79. The van der Waals surface area contributed by atoms with Crippen LogP contribution in [0.4, 0.5) is 0 Å². The van der Waals surface area contributed by atoms with E-state index in [2.05, 4.69) is 20.9 Å². The Morgan fingerprint density at radius 1 is 1.25 bits per heavy atom. The Morgan fingerprint density at radius 3 is 2.82 bits per heavy atom. The van der Waals surface area contributed by atoms with Crippen LogP contribution in [-0.4, -0.2) is 31.1 Å². The molecule has 1 aromatic heterocycles. The first-order valence-corrected chi connectivity index (χ1v) is 9.28. The van der Waals surface area contributed by atoms with Gasteiger partial charge in [-0.3, -0.25) is 4.79 Å². The number of carbonyl (C=O) groups excluding carboxylic acids is 1. The van der Waals surface area contributed by atoms with Crippen LogP contribution in [0.15, 0.2) is 52.1 Å². The number of hydrogen-bond donors (Lipinski definition) is 3. The van der Waals surface area contributed by atoms with Gasteiger partial charge in [-0.1, -0.05) is 12.1 Å². The molecule has 1 aliphatic carbocycles. The van der Waals surface area contributed by atoms with E-state index < -0.39 is 0 Å². The molecule has 1 heterocycles. The highest BCUT2D eigenvalue weighted by Crippen LogP contribution is 2.18. The normalized spacial score (nSPS) is 13.4. The molecule has 1 aliphatic rings. The number of benzene rings is 1. The fraction of sp³-hybridized carbons (Fsp3) is 0.400. The van der Waals surface area contributed by atoms with Gasteiger partial charge in [0.25, 0.3) is 5.91 Å². The van der Waals surface area contributed by atoms with Crippen molar-refractivity contribution in [3.8, 4) is 5.75 Å². The topological polar surface area (TPSA) is 87.9 Å². The molecule has 0 bridgehead atoms. The number of hydrogen-bond acceptors (Lipinski definition) is 4. The summed E-state index contributed by atoms with van der Waals surface area (Å²) in [6, 6.07) is 11.8. The summed E-state index contributed by atoms with van der Waals surface area (Å²) < 4.78 is 10.9. The van der Waals surface area contributed by atoms with E-state index in [1.807, 2.05) is 43.3 Å². The summed E-state index contributed by atoms with van der Waals surface area (Å²) >= 11 is 0. The summed E-state index contributed by atoms with van der Waals surface area (Å²) in [5.74, 6) is 2.16. The second-order valence-corrected chi connectivity index (χ2v) is 6.41. The van der Waals surface area contributed by atoms with Gasteiger partial charge in [0, 0.05) is 12.6 Å². The van der Waals surface area contributed by atoms with Gasteiger partial charge in [-0.15, -0.1) is 24.0 Å². The smallest absolute Gasteiger partial charge is 0.258 e. The van der Waals surface area contributed by atoms with E-state index in [0.717, 1.165) is 30.7 Å². The van der Waals surface area contributed by atoms with E-state index in [0.29, 0.717) is 30.8 Å². The van der Waals surface area contributed by atoms with E-state index >= 15 is 0 Å². The Kier molecular flexibility index (Phi) is 9.12. The average molecular weight is 498 g/mol. The van der Waals surface area contributed by atoms with Crippen LogP contribution in [-0.2, 0) is 17.9 Å². The van der Waals surface area contributed by atoms with Crippen molar-refractivity contribution in [1.29, 1.82) is 0 Å². The number of furan rings is 1. The number of amides is 1. The van der Waals surface area contributed by atoms with Gasteiger partial charge in [-0.2, -0.15) is 0 Å². The van der Waals surface area contributed by atoms with Gasteiger partial charge in [-0.05, 0) is 49.6 Å². The zero-order valence-electron chi connectivity index (χ0n) is 15.9. The standard InChI is InChI=1S/C20H26N4O3.HI/c1-2-21-20(23-13-18-7-4-10-26-18)22-12-15-5-3-6-17(11-15)27-14-19(25)24-16-8-9-16;/h3-7,10-11,16H,2,8-9,12-14H2,1H3,(H,24,25)(H2,21,22,23);1H. The molecule has 152 valence electrons. The van der Waals surface area contributed by atoms with Crippen molar-refractivity contribution < 1.29 is 13.9 Å². The van der Waals surface area contributed by atoms with E-state index in [4.69, 9.17) is 9.15 Å². The van der Waals surface area contributed by atoms with Crippen LogP contribution in [0.1, 0.15) is 31.1 Å². The van der Waals surface area contributed by atoms with E-state index in [1.165, 1.54) is 0 Å². The first-order chi connectivity index (χ1) is 13.2. The molecule has 0 spiro atoms. The van der Waals surface area contributed by atoms with Crippen molar-refractivity contribution >= 4 is 35.8 Å². The maximum Gasteiger partial charge on any atom is 0.258 e. The van der Waals surface area contributed by atoms with Crippen LogP contribution < -0.4 is 20.7 Å². The lowest BCUT2D eigenvalue weighted by molar-refractivity contribution is -0.123. The summed E-state index contributed by atoms with van der Waals surface area (Å²) in [4.78, 5) is 16.3. The van der Waals surface area contributed by atoms with Crippen LogP contribution in [0.25, 0.3) is 0 Å². The number of ether oxygens (including phenoxy) is 1. The molecule has 3 rings (SSSR count). The fourth-order valence-electron chi connectivity index (χ4n) is 2.48. The molecule has 0 aliphatic heterocycles. The molecular formula is C20H27IN4O3. The number of nitrogens with one attached hydrogen (secondary N) is 3. The largest absolute Gasteiger partial charge is 0.484 e. The predicted molar refractivity (Wildman–Crippen MR) is 119 cm³/mol. The molecule has 28 heavy (non-hydrogen) atoms. The lowest BCUT2D eigenvalue weighted by atomic mass is 10.2. The molecule has 1 aromatic carbocycles. The lowest BCUT2D eigenvalue weighted by Crippen LogP contribution is -2.36. The van der Waals surface area contributed by atoms with Gasteiger partial charge in [0.05, 0.1) is 19.4 Å². The fourth-order valence-corrected chi connectivity index (χ4v) is 2.48. The molecule has 0 saturated heterocycles. The highest BCUT2D eigenvalue weighted by atomic mass is 127. The van der Waals surface area contributed by atoms with Crippen LogP contribution in [0.2, 0.25) is 0 Å². The van der Waals surface area contributed by atoms with Crippen molar-refractivity contribution in [3.63, 3.8) is 0 Å². The summed E-state index contributed by atoms with van der Waals surface area (Å²) in [6.45, 7) is 3.89. The molecule has 1 amide bonds. The van der Waals surface area contributed by atoms with Crippen molar-refractivity contribution in [3.05, 3.63) is 54.0 Å². The molecule has 8 heteroatoms. The summed E-state index contributed by atoms with van der Waals surface area (Å²) in [5.41, 5.74) is 1.00. The van der Waals surface area contributed by atoms with E-state index in [9.17, 15) is 4.79 Å². The summed E-state index contributed by atoms with van der Waals surface area (Å²) in [5, 5.41) is 9.35. The third-order valence-corrected chi connectivity index (χ3v) is 3.98. The maximum absolute atomic E-state index is 11.7. The second-order valence-electron chi connectivity index (χ2n) is 6.41. The van der Waals surface area contributed by atoms with Gasteiger partial charge >= 0.3 is 0 Å². The van der Waals surface area contributed by atoms with Crippen molar-refractivity contribution in [2.24, 2.45) is 4.99 Å². The summed E-state index contributed by atoms with van der Waals surface area (Å²) in [6.07, 6.45) is 3.79. The van der Waals surface area contributed by atoms with Crippen molar-refractivity contribution in [1.82, 2.24) is 16.0 Å². The first-order valence-electron chi connectivity index (χ1n) is 9.28. The minimum atomic E-state index is -0.0718. The second kappa shape index (κ2) is 11.6. The van der Waals surface area contributed by atoms with Gasteiger partial charge < -0.3 is 25.1 Å². The Labute approximate surface area is 182 Å². The quantitative estimate of drug-likeness (QED) is 0.281. The minimum absolute atomic E-state index is 0. The van der Waals surface area contributed by atoms with Crippen LogP contribution in [0.3, 0.4) is 0 Å². The molecule has 1 fully saturated rings. The van der Waals surface area contributed by atoms with Gasteiger partial charge in [0.15, 0.2) is 12.6 Å². The minimum Gasteiger partial charge on any atom is -0.484 e. The molecule has 7 nitrogen and oxygen atoms in total. The SMILES string of the molecule is CCNC(=NCc1cccc(OCC(=O)NC2CC2)c1)NCc1ccco1.I. The highest BCUT2D eigenvalue weighted by Gasteiger charge is 2.23. The van der Waals surface area contributed by atoms with Crippen LogP contribution in [0.5, 0.6) is 5.75 Å². The maximum atomic E-state index is 11.7. The Hall–Kier alpha value is -2.23. The molecule has 2 aromatic rings. The average Bonchev–Trinajstić information content (AvgIpc) is 3.33. The zero-order chi connectivity index (χ0) is 18.9. The van der Waals surface area contributed by atoms with Crippen LogP contribution >= 0.6 is 24.0 Å². The number of nitrogens with zero attached hydrogens (tertiary/aromatic N) is 1. The van der Waals surface area contributed by atoms with E-state index in [-0.39, 0.29) is 36.5 Å². The number of guanidine groups is 1. The number of halogens is 1. The van der Waals surface area contributed by atoms with Gasteiger partial charge in [-0.25, -0.2) is 4.99 Å². The Bertz CT molecular complexity index is 761. The van der Waals surface area contributed by atoms with Crippen molar-refractivity contribution in [2.45, 2.75) is 38.9 Å². The molecular weight excluding hydrogens is 471 g/mol. The number of aliphatic imine (C=N–C) groups is 1. The van der Waals surface area contributed by atoms with Gasteiger partial charge in [0.1, 0.15) is 11.5 Å². The summed E-state index contributed by atoms with van der Waals surface area (Å²) in [7, 11) is 0. The van der Waals surface area contributed by atoms with Crippen molar-refractivity contribution in [2.75, 3.05) is 13.2 Å². The third-order valence-electron chi connectivity index (χ3n) is 3.98. The molecule has 1 saturated carbocycles. The van der Waals surface area contributed by atoms with Gasteiger partial charge in [0.2, 0.25) is 0 Å². The number of rotatable bonds is 9. The first kappa shape index (κ1) is 22.1. The lowest BCUT2D eigenvalue weighted by Gasteiger charge is -2.11. The molecule has 3 N–H and O–H groups in total. The van der Waals surface area contributed by atoms with Crippen LogP contribution in [0, 0.1) is 0 Å². The molecule has 0 atom stereocenters. The Morgan fingerprint density at radius 2 is 2.11 bits per heavy atom. The Balaban J connectivity index is 0.00000280. The predicted octanol–water partition coefficient (Wildman–Crippen LogP) is 2.81. The monoisotopic (exact) mass is 498 g/mol. The highest BCUT2D eigenvalue weighted by molar-refractivity contribution is 14.0. The number of carbonyl (C=O) groups is 1. The van der Waals surface area contributed by atoms with E-state index in [1.54, 1.807) is 6.26 Å².